The van der Waals surface area contributed by atoms with Gasteiger partial charge in [-0.25, -0.2) is 4.79 Å². The summed E-state index contributed by atoms with van der Waals surface area (Å²) in [7, 11) is 0. The van der Waals surface area contributed by atoms with Gasteiger partial charge in [0.25, 0.3) is 0 Å². The third-order valence-electron chi connectivity index (χ3n) is 2.85. The van der Waals surface area contributed by atoms with Crippen molar-refractivity contribution in [2.45, 2.75) is 26.8 Å². The lowest BCUT2D eigenvalue weighted by molar-refractivity contribution is 0.309. The van der Waals surface area contributed by atoms with Crippen molar-refractivity contribution in [3.8, 4) is 0 Å². The van der Waals surface area contributed by atoms with E-state index in [0.29, 0.717) is 0 Å². The molecule has 0 aromatic rings. The molecule has 1 rings (SSSR count). The highest BCUT2D eigenvalue weighted by molar-refractivity contribution is 5.36. The first kappa shape index (κ1) is 11.7. The van der Waals surface area contributed by atoms with E-state index in [1.807, 2.05) is 19.1 Å². The Labute approximate surface area is 91.1 Å². The number of hydrogen-bond donors (Lipinski definition) is 0. The SMILES string of the molecule is C=C(C)C(N=C=O)C1C=CC=CC1(C)C. The molecular formula is C13H17NO. The van der Waals surface area contributed by atoms with Gasteiger partial charge in [0.2, 0.25) is 6.08 Å². The van der Waals surface area contributed by atoms with Crippen molar-refractivity contribution in [1.82, 2.24) is 0 Å². The highest BCUT2D eigenvalue weighted by Gasteiger charge is 2.33. The van der Waals surface area contributed by atoms with Gasteiger partial charge in [-0.3, -0.25) is 0 Å². The third-order valence-corrected chi connectivity index (χ3v) is 2.85. The fraction of sp³-hybridized carbons (Fsp3) is 0.462. The van der Waals surface area contributed by atoms with E-state index in [9.17, 15) is 4.79 Å². The summed E-state index contributed by atoms with van der Waals surface area (Å²) in [6.45, 7) is 10.0. The highest BCUT2D eigenvalue weighted by atomic mass is 16.1. The Bertz CT molecular complexity index is 355. The Hall–Kier alpha value is -1.40. The van der Waals surface area contributed by atoms with E-state index in [-0.39, 0.29) is 17.4 Å². The number of hydrogen-bond acceptors (Lipinski definition) is 2. The van der Waals surface area contributed by atoms with Crippen LogP contribution in [0.5, 0.6) is 0 Å². The minimum absolute atomic E-state index is 0.00127. The Morgan fingerprint density at radius 3 is 2.67 bits per heavy atom. The van der Waals surface area contributed by atoms with Crippen LogP contribution in [0.4, 0.5) is 0 Å². The monoisotopic (exact) mass is 203 g/mol. The van der Waals surface area contributed by atoms with Crippen molar-refractivity contribution in [1.29, 1.82) is 0 Å². The lowest BCUT2D eigenvalue weighted by Gasteiger charge is -2.35. The van der Waals surface area contributed by atoms with Crippen molar-refractivity contribution >= 4 is 6.08 Å². The zero-order valence-electron chi connectivity index (χ0n) is 9.53. The summed E-state index contributed by atoms with van der Waals surface area (Å²) in [4.78, 5) is 14.3. The largest absolute Gasteiger partial charge is 0.235 e. The van der Waals surface area contributed by atoms with E-state index in [2.05, 4.69) is 37.6 Å². The van der Waals surface area contributed by atoms with Gasteiger partial charge in [-0.15, -0.1) is 0 Å². The van der Waals surface area contributed by atoms with Crippen LogP contribution in [0.15, 0.2) is 41.4 Å². The highest BCUT2D eigenvalue weighted by Crippen LogP contribution is 2.37. The molecule has 2 nitrogen and oxygen atoms in total. The maximum Gasteiger partial charge on any atom is 0.235 e. The van der Waals surface area contributed by atoms with Crippen molar-refractivity contribution in [2.24, 2.45) is 16.3 Å². The topological polar surface area (TPSA) is 29.4 Å². The van der Waals surface area contributed by atoms with E-state index in [1.54, 1.807) is 6.08 Å². The number of allylic oxidation sites excluding steroid dienone is 3. The second-order valence-electron chi connectivity index (χ2n) is 4.60. The number of rotatable bonds is 3. The zero-order valence-corrected chi connectivity index (χ0v) is 9.53. The number of isocyanates is 1. The van der Waals surface area contributed by atoms with E-state index >= 15 is 0 Å². The van der Waals surface area contributed by atoms with Gasteiger partial charge in [-0.05, 0) is 12.3 Å². The molecule has 0 bridgehead atoms. The lowest BCUT2D eigenvalue weighted by Crippen LogP contribution is -2.32. The molecule has 2 unspecified atom stereocenters. The molecule has 2 heteroatoms. The second-order valence-corrected chi connectivity index (χ2v) is 4.60. The van der Waals surface area contributed by atoms with E-state index in [4.69, 9.17) is 0 Å². The Balaban J connectivity index is 3.03. The molecule has 1 aliphatic rings. The second kappa shape index (κ2) is 4.41. The van der Waals surface area contributed by atoms with Crippen molar-refractivity contribution in [3.05, 3.63) is 36.5 Å². The molecule has 80 valence electrons. The lowest BCUT2D eigenvalue weighted by atomic mass is 9.71. The summed E-state index contributed by atoms with van der Waals surface area (Å²) in [6.07, 6.45) is 9.87. The molecule has 0 aromatic heterocycles. The van der Waals surface area contributed by atoms with Crippen LogP contribution in [0.3, 0.4) is 0 Å². The standard InChI is InChI=1S/C13H17NO/c1-10(2)12(14-9-15)11-7-5-6-8-13(11,3)4/h5-8,11-12H,1H2,2-4H3. The average molecular weight is 203 g/mol. The summed E-state index contributed by atoms with van der Waals surface area (Å²) < 4.78 is 0. The zero-order chi connectivity index (χ0) is 11.5. The molecular weight excluding hydrogens is 186 g/mol. The molecule has 0 aliphatic heterocycles. The normalized spacial score (nSPS) is 24.3. The van der Waals surface area contributed by atoms with Crippen LogP contribution < -0.4 is 0 Å². The van der Waals surface area contributed by atoms with Gasteiger partial charge in [-0.2, -0.15) is 4.99 Å². The summed E-state index contributed by atoms with van der Waals surface area (Å²) in [5.41, 5.74) is 0.898. The Morgan fingerprint density at radius 1 is 1.53 bits per heavy atom. The smallest absolute Gasteiger partial charge is 0.211 e. The molecule has 0 radical (unpaired) electrons. The van der Waals surface area contributed by atoms with Gasteiger partial charge in [-0.1, -0.05) is 50.3 Å². The summed E-state index contributed by atoms with van der Waals surface area (Å²) in [5.74, 6) is 0.182. The minimum atomic E-state index is -0.168. The van der Waals surface area contributed by atoms with Crippen LogP contribution in [0.1, 0.15) is 20.8 Å². The van der Waals surface area contributed by atoms with Crippen LogP contribution in [-0.2, 0) is 4.79 Å². The van der Waals surface area contributed by atoms with E-state index < -0.39 is 0 Å². The molecule has 0 N–H and O–H groups in total. The van der Waals surface area contributed by atoms with Gasteiger partial charge in [0.05, 0.1) is 6.04 Å². The molecule has 2 atom stereocenters. The fourth-order valence-electron chi connectivity index (χ4n) is 1.91. The number of nitrogens with zero attached hydrogens (tertiary/aromatic N) is 1. The molecule has 1 aliphatic carbocycles. The van der Waals surface area contributed by atoms with Crippen molar-refractivity contribution < 1.29 is 4.79 Å². The summed E-state index contributed by atoms with van der Waals surface area (Å²) in [5, 5.41) is 0. The molecule has 0 saturated carbocycles. The van der Waals surface area contributed by atoms with Crippen molar-refractivity contribution in [2.75, 3.05) is 0 Å². The van der Waals surface area contributed by atoms with Crippen molar-refractivity contribution in [3.63, 3.8) is 0 Å². The van der Waals surface area contributed by atoms with E-state index in [1.165, 1.54) is 0 Å². The van der Waals surface area contributed by atoms with Gasteiger partial charge < -0.3 is 0 Å². The molecule has 0 saturated heterocycles. The minimum Gasteiger partial charge on any atom is -0.211 e. The predicted molar refractivity (Wildman–Crippen MR) is 62.3 cm³/mol. The van der Waals surface area contributed by atoms with E-state index in [0.717, 1.165) is 5.57 Å². The molecule has 0 aromatic carbocycles. The van der Waals surface area contributed by atoms with Gasteiger partial charge in [0.1, 0.15) is 0 Å². The first-order chi connectivity index (χ1) is 6.99. The van der Waals surface area contributed by atoms with Crippen LogP contribution in [-0.4, -0.2) is 12.1 Å². The predicted octanol–water partition coefficient (Wildman–Crippen LogP) is 3.04. The Kier molecular flexibility index (Phi) is 3.43. The molecule has 0 heterocycles. The fourth-order valence-corrected chi connectivity index (χ4v) is 1.91. The summed E-state index contributed by atoms with van der Waals surface area (Å²) in [6, 6.07) is -0.168. The third kappa shape index (κ3) is 2.54. The quantitative estimate of drug-likeness (QED) is 0.394. The summed E-state index contributed by atoms with van der Waals surface area (Å²) >= 11 is 0. The van der Waals surface area contributed by atoms with Gasteiger partial charge in [0.15, 0.2) is 0 Å². The molecule has 0 fully saturated rings. The number of carbonyl (C=O) groups excluding carboxylic acids is 1. The van der Waals surface area contributed by atoms with Crippen LogP contribution >= 0.6 is 0 Å². The molecule has 15 heavy (non-hydrogen) atoms. The first-order valence-electron chi connectivity index (χ1n) is 5.07. The first-order valence-corrected chi connectivity index (χ1v) is 5.07. The van der Waals surface area contributed by atoms with Gasteiger partial charge in [0, 0.05) is 5.92 Å². The van der Waals surface area contributed by atoms with Crippen LogP contribution in [0, 0.1) is 11.3 Å². The van der Waals surface area contributed by atoms with Crippen LogP contribution in [0.2, 0.25) is 0 Å². The average Bonchev–Trinajstić information content (AvgIpc) is 2.14. The maximum absolute atomic E-state index is 10.4. The van der Waals surface area contributed by atoms with Gasteiger partial charge >= 0.3 is 0 Å². The maximum atomic E-state index is 10.4. The Morgan fingerprint density at radius 2 is 2.20 bits per heavy atom. The molecule has 0 amide bonds. The van der Waals surface area contributed by atoms with Crippen LogP contribution in [0.25, 0.3) is 0 Å². The number of aliphatic imine (C=N–C) groups is 1. The molecule has 0 spiro atoms.